The van der Waals surface area contributed by atoms with Crippen molar-refractivity contribution in [3.05, 3.63) is 85.9 Å². The molecule has 0 fully saturated rings. The lowest BCUT2D eigenvalue weighted by Crippen LogP contribution is -2.06. The second kappa shape index (κ2) is 10.7. The molecule has 3 aromatic rings. The quantitative estimate of drug-likeness (QED) is 0.167. The van der Waals surface area contributed by atoms with Gasteiger partial charge in [-0.3, -0.25) is 15.1 Å². The first-order valence-electron chi connectivity index (χ1n) is 10.2. The molecule has 3 aromatic carbocycles. The van der Waals surface area contributed by atoms with Crippen molar-refractivity contribution in [3.8, 4) is 17.2 Å². The molecule has 0 saturated heterocycles. The number of halogens is 4. The lowest BCUT2D eigenvalue weighted by Gasteiger charge is -2.15. The van der Waals surface area contributed by atoms with Crippen LogP contribution in [-0.4, -0.2) is 17.7 Å². The van der Waals surface area contributed by atoms with E-state index in [0.29, 0.717) is 16.1 Å². The fraction of sp³-hybridized carbons (Fsp3) is 0.208. The normalized spacial score (nSPS) is 11.6. The molecule has 0 aliphatic rings. The van der Waals surface area contributed by atoms with Gasteiger partial charge in [-0.1, -0.05) is 19.1 Å². The minimum absolute atomic E-state index is 0.0918. The maximum absolute atomic E-state index is 13.0. The monoisotopic (exact) mass is 536 g/mol. The number of aliphatic imine (C=N–C) groups is 1. The molecule has 0 atom stereocenters. The minimum atomic E-state index is -4.72. The second-order valence-corrected chi connectivity index (χ2v) is 7.93. The minimum Gasteiger partial charge on any atom is -0.490 e. The summed E-state index contributed by atoms with van der Waals surface area (Å²) in [5, 5.41) is 11.4. The van der Waals surface area contributed by atoms with E-state index < -0.39 is 22.4 Å². The van der Waals surface area contributed by atoms with Gasteiger partial charge in [0.15, 0.2) is 11.5 Å². The second-order valence-electron chi connectivity index (χ2n) is 7.08. The lowest BCUT2D eigenvalue weighted by atomic mass is 10.1. The zero-order chi connectivity index (χ0) is 24.9. The molecule has 0 spiro atoms. The molecule has 0 aromatic heterocycles. The molecular formula is C24H20BrF3N2O4. The molecule has 0 radical (unpaired) electrons. The third-order valence-electron chi connectivity index (χ3n) is 4.73. The Hall–Kier alpha value is -3.40. The van der Waals surface area contributed by atoms with E-state index in [9.17, 15) is 23.3 Å². The van der Waals surface area contributed by atoms with E-state index in [2.05, 4.69) is 27.8 Å². The van der Waals surface area contributed by atoms with Crippen molar-refractivity contribution in [1.29, 1.82) is 0 Å². The van der Waals surface area contributed by atoms with E-state index in [0.717, 1.165) is 24.2 Å². The summed E-state index contributed by atoms with van der Waals surface area (Å²) >= 11 is 3.36. The molecule has 0 aliphatic carbocycles. The summed E-state index contributed by atoms with van der Waals surface area (Å²) in [6, 6.07) is 13.1. The average Bonchev–Trinajstić information content (AvgIpc) is 2.79. The number of aryl methyl sites for hydroxylation is 1. The van der Waals surface area contributed by atoms with Crippen molar-refractivity contribution < 1.29 is 27.6 Å². The average molecular weight is 537 g/mol. The Morgan fingerprint density at radius 3 is 2.35 bits per heavy atom. The van der Waals surface area contributed by atoms with Gasteiger partial charge in [0, 0.05) is 12.3 Å². The van der Waals surface area contributed by atoms with Gasteiger partial charge in [0.2, 0.25) is 5.75 Å². The predicted octanol–water partition coefficient (Wildman–Crippen LogP) is 7.88. The topological polar surface area (TPSA) is 74.0 Å². The molecular weight excluding hydrogens is 517 g/mol. The van der Waals surface area contributed by atoms with E-state index in [1.165, 1.54) is 5.56 Å². The summed E-state index contributed by atoms with van der Waals surface area (Å²) in [5.41, 5.74) is 0.648. The third-order valence-corrected chi connectivity index (χ3v) is 5.32. The molecule has 34 heavy (non-hydrogen) atoms. The summed E-state index contributed by atoms with van der Waals surface area (Å²) in [7, 11) is 0. The van der Waals surface area contributed by atoms with Crippen LogP contribution >= 0.6 is 15.9 Å². The van der Waals surface area contributed by atoms with Gasteiger partial charge >= 0.3 is 11.9 Å². The van der Waals surface area contributed by atoms with Crippen LogP contribution in [0.15, 0.2) is 64.1 Å². The van der Waals surface area contributed by atoms with Crippen LogP contribution in [0.5, 0.6) is 17.2 Å². The summed E-state index contributed by atoms with van der Waals surface area (Å²) in [5.74, 6) is -0.0138. The van der Waals surface area contributed by atoms with E-state index in [-0.39, 0.29) is 23.9 Å². The third kappa shape index (κ3) is 6.13. The maximum atomic E-state index is 13.0. The van der Waals surface area contributed by atoms with Crippen LogP contribution in [0.1, 0.15) is 30.5 Å². The predicted molar refractivity (Wildman–Crippen MR) is 127 cm³/mol. The first-order valence-corrected chi connectivity index (χ1v) is 11.0. The molecule has 0 unspecified atom stereocenters. The van der Waals surface area contributed by atoms with Crippen LogP contribution in [0.3, 0.4) is 0 Å². The fourth-order valence-corrected chi connectivity index (χ4v) is 3.56. The van der Waals surface area contributed by atoms with Crippen molar-refractivity contribution in [2.24, 2.45) is 4.99 Å². The first-order chi connectivity index (χ1) is 16.1. The van der Waals surface area contributed by atoms with Crippen LogP contribution in [0.25, 0.3) is 0 Å². The standard InChI is InChI=1S/C24H20BrF3N2O4/c1-3-15-5-8-18(9-6-15)29-14-16-11-19(25)23(22(12-16)33-4-2)34-21-10-7-17(24(26,27)28)13-20(21)30(31)32/h5-14H,3-4H2,1-2H3. The molecule has 10 heteroatoms. The highest BCUT2D eigenvalue weighted by molar-refractivity contribution is 9.10. The highest BCUT2D eigenvalue weighted by Gasteiger charge is 2.33. The highest BCUT2D eigenvalue weighted by Crippen LogP contribution is 2.43. The van der Waals surface area contributed by atoms with Crippen LogP contribution < -0.4 is 9.47 Å². The number of alkyl halides is 3. The van der Waals surface area contributed by atoms with Crippen LogP contribution in [0.2, 0.25) is 0 Å². The van der Waals surface area contributed by atoms with E-state index in [1.54, 1.807) is 25.3 Å². The zero-order valence-electron chi connectivity index (χ0n) is 18.2. The largest absolute Gasteiger partial charge is 0.490 e. The smallest absolute Gasteiger partial charge is 0.416 e. The van der Waals surface area contributed by atoms with Gasteiger partial charge < -0.3 is 9.47 Å². The molecule has 0 saturated carbocycles. The van der Waals surface area contributed by atoms with Crippen LogP contribution in [-0.2, 0) is 12.6 Å². The van der Waals surface area contributed by atoms with Crippen molar-refractivity contribution in [3.63, 3.8) is 0 Å². The van der Waals surface area contributed by atoms with E-state index in [1.807, 2.05) is 24.3 Å². The number of benzene rings is 3. The highest BCUT2D eigenvalue weighted by atomic mass is 79.9. The van der Waals surface area contributed by atoms with Crippen LogP contribution in [0.4, 0.5) is 24.5 Å². The number of nitrogens with zero attached hydrogens (tertiary/aromatic N) is 2. The van der Waals surface area contributed by atoms with E-state index in [4.69, 9.17) is 9.47 Å². The number of ether oxygens (including phenoxy) is 2. The Bertz CT molecular complexity index is 1210. The molecule has 178 valence electrons. The number of hydrogen-bond donors (Lipinski definition) is 0. The molecule has 6 nitrogen and oxygen atoms in total. The Balaban J connectivity index is 1.96. The molecule has 0 aliphatic heterocycles. The molecule has 0 N–H and O–H groups in total. The summed E-state index contributed by atoms with van der Waals surface area (Å²) in [6.45, 7) is 4.07. The van der Waals surface area contributed by atoms with Crippen molar-refractivity contribution >= 4 is 33.5 Å². The summed E-state index contributed by atoms with van der Waals surface area (Å²) in [4.78, 5) is 14.9. The van der Waals surface area contributed by atoms with Crippen molar-refractivity contribution in [2.45, 2.75) is 26.4 Å². The van der Waals surface area contributed by atoms with Crippen molar-refractivity contribution in [1.82, 2.24) is 0 Å². The van der Waals surface area contributed by atoms with Gasteiger partial charge in [0.05, 0.1) is 27.3 Å². The Morgan fingerprint density at radius 2 is 1.76 bits per heavy atom. The Morgan fingerprint density at radius 1 is 1.06 bits per heavy atom. The molecule has 3 rings (SSSR count). The van der Waals surface area contributed by atoms with Gasteiger partial charge in [0.1, 0.15) is 0 Å². The molecule has 0 bridgehead atoms. The van der Waals surface area contributed by atoms with Gasteiger partial charge in [-0.05, 0) is 76.8 Å². The Kier molecular flexibility index (Phi) is 7.93. The van der Waals surface area contributed by atoms with Gasteiger partial charge in [-0.2, -0.15) is 13.2 Å². The van der Waals surface area contributed by atoms with Gasteiger partial charge in [0.25, 0.3) is 0 Å². The maximum Gasteiger partial charge on any atom is 0.416 e. The summed E-state index contributed by atoms with van der Waals surface area (Å²) < 4.78 is 50.7. The van der Waals surface area contributed by atoms with E-state index >= 15 is 0 Å². The SMILES string of the molecule is CCOc1cc(C=Nc2ccc(CC)cc2)cc(Br)c1Oc1ccc(C(F)(F)F)cc1[N+](=O)[O-]. The number of nitro groups is 1. The number of rotatable bonds is 8. The fourth-order valence-electron chi connectivity index (χ4n) is 3.02. The van der Waals surface area contributed by atoms with Crippen molar-refractivity contribution in [2.75, 3.05) is 6.61 Å². The summed E-state index contributed by atoms with van der Waals surface area (Å²) in [6.07, 6.45) is -2.18. The molecule has 0 heterocycles. The Labute approximate surface area is 202 Å². The zero-order valence-corrected chi connectivity index (χ0v) is 19.8. The van der Waals surface area contributed by atoms with Gasteiger partial charge in [-0.15, -0.1) is 0 Å². The number of hydrogen-bond acceptors (Lipinski definition) is 5. The lowest BCUT2D eigenvalue weighted by molar-refractivity contribution is -0.385. The van der Waals surface area contributed by atoms with Crippen LogP contribution in [0, 0.1) is 10.1 Å². The molecule has 0 amide bonds. The van der Waals surface area contributed by atoms with Gasteiger partial charge in [-0.25, -0.2) is 0 Å². The first kappa shape index (κ1) is 25.2. The number of nitro benzene ring substituents is 1.